The van der Waals surface area contributed by atoms with Gasteiger partial charge in [0.05, 0.1) is 11.4 Å². The van der Waals surface area contributed by atoms with Crippen LogP contribution >= 0.6 is 24.0 Å². The van der Waals surface area contributed by atoms with Crippen LogP contribution in [0.3, 0.4) is 0 Å². The predicted octanol–water partition coefficient (Wildman–Crippen LogP) is 3.82. The number of nitrogens with one attached hydrogen (secondary N) is 2. The molecule has 0 aliphatic carbocycles. The van der Waals surface area contributed by atoms with E-state index in [0.717, 1.165) is 23.0 Å². The minimum atomic E-state index is 0. The summed E-state index contributed by atoms with van der Waals surface area (Å²) in [7, 11) is 1.80. The molecular formula is C19H30IN5. The van der Waals surface area contributed by atoms with E-state index in [-0.39, 0.29) is 24.0 Å². The summed E-state index contributed by atoms with van der Waals surface area (Å²) >= 11 is 0. The topological polar surface area (TPSA) is 54.2 Å². The van der Waals surface area contributed by atoms with Gasteiger partial charge in [-0.1, -0.05) is 32.0 Å². The number of nitrogens with zero attached hydrogens (tertiary/aromatic N) is 3. The Kier molecular flexibility index (Phi) is 8.41. The molecule has 1 unspecified atom stereocenters. The average molecular weight is 455 g/mol. The SMILES string of the molecule is CN=C(NCc1ccccc1-n1nc(C)cc1C)NC(C)C(C)C.I. The van der Waals surface area contributed by atoms with Gasteiger partial charge in [-0.2, -0.15) is 5.10 Å². The van der Waals surface area contributed by atoms with Gasteiger partial charge in [-0.3, -0.25) is 4.99 Å². The molecule has 1 aromatic carbocycles. The second-order valence-corrected chi connectivity index (χ2v) is 6.57. The summed E-state index contributed by atoms with van der Waals surface area (Å²) in [5.74, 6) is 1.37. The molecule has 25 heavy (non-hydrogen) atoms. The molecule has 2 aromatic rings. The maximum absolute atomic E-state index is 4.60. The van der Waals surface area contributed by atoms with Crippen LogP contribution in [-0.2, 0) is 6.54 Å². The van der Waals surface area contributed by atoms with Gasteiger partial charge < -0.3 is 10.6 Å². The Hall–Kier alpha value is -1.57. The predicted molar refractivity (Wildman–Crippen MR) is 116 cm³/mol. The zero-order valence-corrected chi connectivity index (χ0v) is 18.3. The first kappa shape index (κ1) is 21.5. The molecule has 6 heteroatoms. The minimum absolute atomic E-state index is 0. The van der Waals surface area contributed by atoms with Crippen LogP contribution in [0.2, 0.25) is 0 Å². The van der Waals surface area contributed by atoms with Crippen LogP contribution in [0.15, 0.2) is 35.3 Å². The van der Waals surface area contributed by atoms with Crippen LogP contribution in [0.1, 0.15) is 37.7 Å². The third-order valence-electron chi connectivity index (χ3n) is 4.26. The second kappa shape index (κ2) is 9.79. The lowest BCUT2D eigenvalue weighted by atomic mass is 10.1. The molecule has 2 rings (SSSR count). The van der Waals surface area contributed by atoms with Crippen molar-refractivity contribution < 1.29 is 0 Å². The van der Waals surface area contributed by atoms with E-state index in [9.17, 15) is 0 Å². The Morgan fingerprint density at radius 3 is 2.44 bits per heavy atom. The molecule has 1 heterocycles. The van der Waals surface area contributed by atoms with Crippen molar-refractivity contribution in [1.29, 1.82) is 0 Å². The van der Waals surface area contributed by atoms with Crippen molar-refractivity contribution in [1.82, 2.24) is 20.4 Å². The number of hydrogen-bond acceptors (Lipinski definition) is 2. The van der Waals surface area contributed by atoms with E-state index >= 15 is 0 Å². The molecule has 0 saturated carbocycles. The molecular weight excluding hydrogens is 425 g/mol. The largest absolute Gasteiger partial charge is 0.354 e. The first-order valence-electron chi connectivity index (χ1n) is 8.51. The van der Waals surface area contributed by atoms with E-state index in [1.54, 1.807) is 7.05 Å². The van der Waals surface area contributed by atoms with Gasteiger partial charge in [0.15, 0.2) is 5.96 Å². The Balaban J connectivity index is 0.00000312. The van der Waals surface area contributed by atoms with Crippen molar-refractivity contribution in [3.05, 3.63) is 47.3 Å². The summed E-state index contributed by atoms with van der Waals surface area (Å²) in [5, 5.41) is 11.4. The lowest BCUT2D eigenvalue weighted by molar-refractivity contribution is 0.481. The highest BCUT2D eigenvalue weighted by molar-refractivity contribution is 14.0. The van der Waals surface area contributed by atoms with Crippen LogP contribution in [0.25, 0.3) is 5.69 Å². The number of guanidine groups is 1. The number of rotatable bonds is 5. The van der Waals surface area contributed by atoms with E-state index in [0.29, 0.717) is 18.5 Å². The first-order valence-corrected chi connectivity index (χ1v) is 8.51. The summed E-state index contributed by atoms with van der Waals surface area (Å²) in [5.41, 5.74) is 4.45. The number of aromatic nitrogens is 2. The van der Waals surface area contributed by atoms with E-state index < -0.39 is 0 Å². The van der Waals surface area contributed by atoms with Gasteiger partial charge in [-0.15, -0.1) is 24.0 Å². The van der Waals surface area contributed by atoms with Gasteiger partial charge >= 0.3 is 0 Å². The van der Waals surface area contributed by atoms with Gasteiger partial charge in [0.2, 0.25) is 0 Å². The lowest BCUT2D eigenvalue weighted by Crippen LogP contribution is -2.44. The van der Waals surface area contributed by atoms with Crippen LogP contribution < -0.4 is 10.6 Å². The number of aliphatic imine (C=N–C) groups is 1. The Morgan fingerprint density at radius 2 is 1.88 bits per heavy atom. The number of benzene rings is 1. The standard InChI is InChI=1S/C19H29N5.HI/c1-13(2)16(5)22-19(20-6)21-12-17-9-7-8-10-18(17)24-15(4)11-14(3)23-24;/h7-11,13,16H,12H2,1-6H3,(H2,20,21,22);1H. The number of para-hydroxylation sites is 1. The van der Waals surface area contributed by atoms with E-state index in [2.05, 4.69) is 72.7 Å². The maximum Gasteiger partial charge on any atom is 0.191 e. The summed E-state index contributed by atoms with van der Waals surface area (Å²) in [6.45, 7) is 11.4. The molecule has 0 amide bonds. The summed E-state index contributed by atoms with van der Waals surface area (Å²) in [6.07, 6.45) is 0. The number of halogens is 1. The normalized spacial score (nSPS) is 12.7. The van der Waals surface area contributed by atoms with Gasteiger partial charge in [-0.05, 0) is 44.4 Å². The Morgan fingerprint density at radius 1 is 1.20 bits per heavy atom. The molecule has 0 aliphatic rings. The molecule has 0 saturated heterocycles. The van der Waals surface area contributed by atoms with Crippen molar-refractivity contribution >= 4 is 29.9 Å². The summed E-state index contributed by atoms with van der Waals surface area (Å²) in [4.78, 5) is 4.32. The smallest absolute Gasteiger partial charge is 0.191 e. The fourth-order valence-corrected chi connectivity index (χ4v) is 2.50. The monoisotopic (exact) mass is 455 g/mol. The molecule has 1 aromatic heterocycles. The fourth-order valence-electron chi connectivity index (χ4n) is 2.50. The maximum atomic E-state index is 4.60. The van der Waals surface area contributed by atoms with Crippen LogP contribution in [0.4, 0.5) is 0 Å². The average Bonchev–Trinajstić information content (AvgIpc) is 2.89. The zero-order valence-electron chi connectivity index (χ0n) is 16.0. The van der Waals surface area contributed by atoms with Gasteiger partial charge in [-0.25, -0.2) is 4.68 Å². The molecule has 2 N–H and O–H groups in total. The molecule has 0 radical (unpaired) electrons. The van der Waals surface area contributed by atoms with Crippen LogP contribution in [0.5, 0.6) is 0 Å². The molecule has 1 atom stereocenters. The van der Waals surface area contributed by atoms with E-state index in [4.69, 9.17) is 0 Å². The Bertz CT molecular complexity index is 706. The highest BCUT2D eigenvalue weighted by atomic mass is 127. The summed E-state index contributed by atoms with van der Waals surface area (Å²) in [6, 6.07) is 10.8. The highest BCUT2D eigenvalue weighted by Gasteiger charge is 2.11. The van der Waals surface area contributed by atoms with Crippen molar-refractivity contribution in [3.8, 4) is 5.69 Å². The number of hydrogen-bond donors (Lipinski definition) is 2. The zero-order chi connectivity index (χ0) is 17.7. The lowest BCUT2D eigenvalue weighted by Gasteiger charge is -2.21. The van der Waals surface area contributed by atoms with Crippen LogP contribution in [0, 0.1) is 19.8 Å². The molecule has 0 bridgehead atoms. The third kappa shape index (κ3) is 5.73. The number of aryl methyl sites for hydroxylation is 2. The van der Waals surface area contributed by atoms with Crippen LogP contribution in [-0.4, -0.2) is 28.8 Å². The second-order valence-electron chi connectivity index (χ2n) is 6.57. The first-order chi connectivity index (χ1) is 11.4. The van der Waals surface area contributed by atoms with Crippen molar-refractivity contribution in [2.75, 3.05) is 7.05 Å². The molecule has 5 nitrogen and oxygen atoms in total. The Labute approximate surface area is 168 Å². The van der Waals surface area contributed by atoms with Gasteiger partial charge in [0.25, 0.3) is 0 Å². The molecule has 0 spiro atoms. The quantitative estimate of drug-likeness (QED) is 0.410. The highest BCUT2D eigenvalue weighted by Crippen LogP contribution is 2.16. The van der Waals surface area contributed by atoms with Gasteiger partial charge in [0, 0.05) is 25.3 Å². The van der Waals surface area contributed by atoms with E-state index in [1.165, 1.54) is 5.56 Å². The molecule has 0 aliphatic heterocycles. The van der Waals surface area contributed by atoms with Crippen molar-refractivity contribution in [3.63, 3.8) is 0 Å². The van der Waals surface area contributed by atoms with Gasteiger partial charge in [0.1, 0.15) is 0 Å². The molecule has 0 fully saturated rings. The molecule has 138 valence electrons. The minimum Gasteiger partial charge on any atom is -0.354 e. The van der Waals surface area contributed by atoms with Crippen molar-refractivity contribution in [2.24, 2.45) is 10.9 Å². The third-order valence-corrected chi connectivity index (χ3v) is 4.26. The summed E-state index contributed by atoms with van der Waals surface area (Å²) < 4.78 is 2.00. The van der Waals surface area contributed by atoms with E-state index in [1.807, 2.05) is 17.7 Å². The van der Waals surface area contributed by atoms with Crippen molar-refractivity contribution in [2.45, 2.75) is 47.2 Å². The fraction of sp³-hybridized carbons (Fsp3) is 0.474.